The van der Waals surface area contributed by atoms with E-state index in [4.69, 9.17) is 10.5 Å². The highest BCUT2D eigenvalue weighted by Gasteiger charge is 2.17. The van der Waals surface area contributed by atoms with Crippen molar-refractivity contribution in [3.63, 3.8) is 0 Å². The first-order valence-corrected chi connectivity index (χ1v) is 5.60. The first kappa shape index (κ1) is 12.7. The summed E-state index contributed by atoms with van der Waals surface area (Å²) in [6, 6.07) is 0. The van der Waals surface area contributed by atoms with Crippen LogP contribution in [0.1, 0.15) is 11.8 Å². The van der Waals surface area contributed by atoms with E-state index in [0.717, 1.165) is 26.2 Å². The number of hydrogen-bond donors (Lipinski definition) is 1. The number of morpholine rings is 1. The Morgan fingerprint density at radius 1 is 1.73 bits per heavy atom. The Bertz CT molecular complexity index is 307. The van der Waals surface area contributed by atoms with Crippen LogP contribution < -0.4 is 5.73 Å². The van der Waals surface area contributed by atoms with Crippen LogP contribution in [0.25, 0.3) is 0 Å². The normalized spacial score (nSPS) is 22.3. The van der Waals surface area contributed by atoms with Crippen LogP contribution >= 0.6 is 23.7 Å². The van der Waals surface area contributed by atoms with Gasteiger partial charge in [0.25, 0.3) is 0 Å². The topological polar surface area (TPSA) is 51.4 Å². The van der Waals surface area contributed by atoms with Gasteiger partial charge < -0.3 is 10.5 Å². The second-order valence-corrected chi connectivity index (χ2v) is 4.73. The van der Waals surface area contributed by atoms with Gasteiger partial charge in [0.1, 0.15) is 0 Å². The number of hydrogen-bond acceptors (Lipinski definition) is 5. The number of halogens is 1. The molecular formula is C9H16ClN3OS. The fourth-order valence-electron chi connectivity index (χ4n) is 1.65. The molecule has 1 saturated heterocycles. The van der Waals surface area contributed by atoms with Gasteiger partial charge in [-0.2, -0.15) is 0 Å². The first-order chi connectivity index (χ1) is 6.74. The molecule has 2 N–H and O–H groups in total. The Balaban J connectivity index is 0.00000112. The number of anilines is 1. The highest BCUT2D eigenvalue weighted by atomic mass is 35.5. The van der Waals surface area contributed by atoms with Gasteiger partial charge in [0.05, 0.1) is 12.7 Å². The molecule has 4 nitrogen and oxygen atoms in total. The lowest BCUT2D eigenvalue weighted by molar-refractivity contribution is -0.0209. The lowest BCUT2D eigenvalue weighted by Crippen LogP contribution is -2.40. The smallest absolute Gasteiger partial charge is 0.180 e. The van der Waals surface area contributed by atoms with E-state index < -0.39 is 0 Å². The molecule has 1 atom stereocenters. The van der Waals surface area contributed by atoms with E-state index >= 15 is 0 Å². The maximum absolute atomic E-state index is 5.58. The molecule has 0 amide bonds. The van der Waals surface area contributed by atoms with E-state index in [2.05, 4.69) is 16.8 Å². The van der Waals surface area contributed by atoms with Crippen molar-refractivity contribution in [3.8, 4) is 0 Å². The van der Waals surface area contributed by atoms with E-state index in [1.807, 2.05) is 6.20 Å². The van der Waals surface area contributed by atoms with Crippen molar-refractivity contribution in [2.24, 2.45) is 0 Å². The van der Waals surface area contributed by atoms with Crippen LogP contribution in [0.4, 0.5) is 5.13 Å². The van der Waals surface area contributed by atoms with E-state index in [1.54, 1.807) is 11.3 Å². The number of thiazole rings is 1. The molecule has 0 saturated carbocycles. The summed E-state index contributed by atoms with van der Waals surface area (Å²) in [4.78, 5) is 7.65. The Morgan fingerprint density at radius 3 is 3.13 bits per heavy atom. The number of aromatic nitrogens is 1. The van der Waals surface area contributed by atoms with Gasteiger partial charge in [-0.25, -0.2) is 4.98 Å². The van der Waals surface area contributed by atoms with Gasteiger partial charge in [-0.3, -0.25) is 4.90 Å². The molecule has 1 fully saturated rings. The summed E-state index contributed by atoms with van der Waals surface area (Å²) < 4.78 is 5.47. The molecule has 1 unspecified atom stereocenters. The molecular weight excluding hydrogens is 234 g/mol. The molecule has 0 aromatic carbocycles. The molecule has 86 valence electrons. The molecule has 1 aliphatic heterocycles. The highest BCUT2D eigenvalue weighted by molar-refractivity contribution is 7.15. The lowest BCUT2D eigenvalue weighted by Gasteiger charge is -2.30. The molecule has 1 aromatic heterocycles. The van der Waals surface area contributed by atoms with Gasteiger partial charge in [0.2, 0.25) is 0 Å². The Labute approximate surface area is 99.8 Å². The maximum atomic E-state index is 5.58. The molecule has 0 bridgehead atoms. The zero-order valence-corrected chi connectivity index (χ0v) is 10.3. The molecule has 0 aliphatic carbocycles. The predicted molar refractivity (Wildman–Crippen MR) is 64.5 cm³/mol. The van der Waals surface area contributed by atoms with Crippen LogP contribution in [0.2, 0.25) is 0 Å². The maximum Gasteiger partial charge on any atom is 0.180 e. The summed E-state index contributed by atoms with van der Waals surface area (Å²) in [6.45, 7) is 5.88. The summed E-state index contributed by atoms with van der Waals surface area (Å²) in [6.07, 6.45) is 2.20. The minimum atomic E-state index is 0. The number of rotatable bonds is 2. The number of nitrogens with two attached hydrogens (primary N) is 1. The van der Waals surface area contributed by atoms with Crippen LogP contribution in [0, 0.1) is 0 Å². The Morgan fingerprint density at radius 2 is 2.53 bits per heavy atom. The van der Waals surface area contributed by atoms with Crippen molar-refractivity contribution in [1.29, 1.82) is 0 Å². The summed E-state index contributed by atoms with van der Waals surface area (Å²) in [7, 11) is 0. The molecule has 2 rings (SSSR count). The predicted octanol–water partition coefficient (Wildman–Crippen LogP) is 1.37. The van der Waals surface area contributed by atoms with Gasteiger partial charge in [-0.1, -0.05) is 0 Å². The molecule has 15 heavy (non-hydrogen) atoms. The Hall–Kier alpha value is -0.360. The molecule has 1 aliphatic rings. The standard InChI is InChI=1S/C9H15N3OS.ClH/c1-7-5-12(2-3-13-7)6-8-4-11-9(10)14-8;/h4,7H,2-3,5-6H2,1H3,(H2,10,11);1H. The zero-order valence-electron chi connectivity index (χ0n) is 8.68. The third-order valence-corrected chi connectivity index (χ3v) is 3.09. The second kappa shape index (κ2) is 5.65. The van der Waals surface area contributed by atoms with Crippen LogP contribution in [-0.2, 0) is 11.3 Å². The minimum absolute atomic E-state index is 0. The average Bonchev–Trinajstić information content (AvgIpc) is 2.51. The van der Waals surface area contributed by atoms with Gasteiger partial charge in [0.15, 0.2) is 5.13 Å². The quantitative estimate of drug-likeness (QED) is 0.860. The molecule has 0 radical (unpaired) electrons. The van der Waals surface area contributed by atoms with Gasteiger partial charge in [-0.15, -0.1) is 23.7 Å². The third kappa shape index (κ3) is 3.61. The van der Waals surface area contributed by atoms with Gasteiger partial charge in [-0.05, 0) is 6.92 Å². The third-order valence-electron chi connectivity index (χ3n) is 2.28. The van der Waals surface area contributed by atoms with E-state index in [-0.39, 0.29) is 12.4 Å². The van der Waals surface area contributed by atoms with E-state index in [0.29, 0.717) is 11.2 Å². The van der Waals surface area contributed by atoms with Gasteiger partial charge >= 0.3 is 0 Å². The van der Waals surface area contributed by atoms with Crippen LogP contribution in [0.3, 0.4) is 0 Å². The highest BCUT2D eigenvalue weighted by Crippen LogP contribution is 2.17. The summed E-state index contributed by atoms with van der Waals surface area (Å²) in [5, 5.41) is 0.654. The SMILES string of the molecule is CC1CN(Cc2cnc(N)s2)CCO1.Cl. The van der Waals surface area contributed by atoms with Gasteiger partial charge in [0, 0.05) is 30.7 Å². The lowest BCUT2D eigenvalue weighted by atomic mass is 10.3. The van der Waals surface area contributed by atoms with Crippen molar-refractivity contribution in [1.82, 2.24) is 9.88 Å². The van der Waals surface area contributed by atoms with Crippen LogP contribution in [-0.4, -0.2) is 35.7 Å². The van der Waals surface area contributed by atoms with Crippen molar-refractivity contribution in [2.75, 3.05) is 25.4 Å². The molecule has 0 spiro atoms. The fraction of sp³-hybridized carbons (Fsp3) is 0.667. The first-order valence-electron chi connectivity index (χ1n) is 4.78. The zero-order chi connectivity index (χ0) is 9.97. The minimum Gasteiger partial charge on any atom is -0.376 e. The molecule has 6 heteroatoms. The van der Waals surface area contributed by atoms with Crippen LogP contribution in [0.15, 0.2) is 6.20 Å². The number of nitrogen functional groups attached to an aromatic ring is 1. The number of ether oxygens (including phenoxy) is 1. The van der Waals surface area contributed by atoms with Crippen LogP contribution in [0.5, 0.6) is 0 Å². The molecule has 1 aromatic rings. The summed E-state index contributed by atoms with van der Waals surface area (Å²) >= 11 is 1.57. The summed E-state index contributed by atoms with van der Waals surface area (Å²) in [5.41, 5.74) is 5.58. The van der Waals surface area contributed by atoms with Crippen molar-refractivity contribution in [3.05, 3.63) is 11.1 Å². The largest absolute Gasteiger partial charge is 0.376 e. The van der Waals surface area contributed by atoms with Crippen molar-refractivity contribution in [2.45, 2.75) is 19.6 Å². The fourth-order valence-corrected chi connectivity index (χ4v) is 2.38. The second-order valence-electron chi connectivity index (χ2n) is 3.58. The van der Waals surface area contributed by atoms with E-state index in [9.17, 15) is 0 Å². The number of nitrogens with zero attached hydrogens (tertiary/aromatic N) is 2. The summed E-state index contributed by atoms with van der Waals surface area (Å²) in [5.74, 6) is 0. The average molecular weight is 250 g/mol. The van der Waals surface area contributed by atoms with Crippen molar-refractivity contribution < 1.29 is 4.74 Å². The molecule has 2 heterocycles. The van der Waals surface area contributed by atoms with E-state index in [1.165, 1.54) is 4.88 Å². The monoisotopic (exact) mass is 249 g/mol. The van der Waals surface area contributed by atoms with Crippen molar-refractivity contribution >= 4 is 28.9 Å². The Kier molecular flexibility index (Phi) is 4.79.